The number of ether oxygens (including phenoxy) is 4. The number of benzene rings is 3. The molecule has 2 heterocycles. The van der Waals surface area contributed by atoms with Gasteiger partial charge in [-0.1, -0.05) is 23.7 Å². The zero-order valence-electron chi connectivity index (χ0n) is 16.4. The van der Waals surface area contributed by atoms with Crippen LogP contribution in [0.3, 0.4) is 0 Å². The van der Waals surface area contributed by atoms with Gasteiger partial charge in [0, 0.05) is 26.7 Å². The normalized spacial score (nSPS) is 15.6. The fourth-order valence-electron chi connectivity index (χ4n) is 3.48. The molecule has 0 unspecified atom stereocenters. The monoisotopic (exact) mass is 512 g/mol. The summed E-state index contributed by atoms with van der Waals surface area (Å²) in [5.74, 6) is 0.474. The number of carbonyl (C=O) groups is 2. The number of ketones is 1. The Labute approximate surface area is 196 Å². The standard InChI is InChI=1S/C24H14BrClO6/c25-19-4-2-1-3-17(19)24(28)31-16-5-6-18-20(10-16)32-21(22(18)27)9-13-7-15(26)8-14-11-29-12-30-23(13)14/h1-10H,11-12H2/b21-9-. The molecule has 5 rings (SSSR count). The molecule has 0 fully saturated rings. The third kappa shape index (κ3) is 3.90. The summed E-state index contributed by atoms with van der Waals surface area (Å²) >= 11 is 9.54. The lowest BCUT2D eigenvalue weighted by Crippen LogP contribution is -2.12. The molecular weight excluding hydrogens is 500 g/mol. The van der Waals surface area contributed by atoms with Crippen molar-refractivity contribution in [3.05, 3.63) is 92.1 Å². The van der Waals surface area contributed by atoms with E-state index in [0.29, 0.717) is 44.3 Å². The summed E-state index contributed by atoms with van der Waals surface area (Å²) in [5.41, 5.74) is 2.17. The highest BCUT2D eigenvalue weighted by Gasteiger charge is 2.29. The van der Waals surface area contributed by atoms with Gasteiger partial charge in [0.1, 0.15) is 17.2 Å². The first-order valence-electron chi connectivity index (χ1n) is 9.57. The van der Waals surface area contributed by atoms with E-state index in [1.165, 1.54) is 6.07 Å². The number of hydrogen-bond donors (Lipinski definition) is 0. The lowest BCUT2D eigenvalue weighted by Gasteiger charge is -2.20. The van der Waals surface area contributed by atoms with Crippen LogP contribution in [0.5, 0.6) is 17.2 Å². The highest BCUT2D eigenvalue weighted by atomic mass is 79.9. The summed E-state index contributed by atoms with van der Waals surface area (Å²) < 4.78 is 22.7. The fourth-order valence-corrected chi connectivity index (χ4v) is 4.17. The van der Waals surface area contributed by atoms with Crippen molar-refractivity contribution in [3.8, 4) is 17.2 Å². The Balaban J connectivity index is 1.42. The number of carbonyl (C=O) groups excluding carboxylic acids is 2. The zero-order chi connectivity index (χ0) is 22.2. The minimum absolute atomic E-state index is 0.117. The van der Waals surface area contributed by atoms with E-state index in [2.05, 4.69) is 15.9 Å². The van der Waals surface area contributed by atoms with Gasteiger partial charge in [0.25, 0.3) is 0 Å². The Kier molecular flexibility index (Phi) is 5.46. The number of fused-ring (bicyclic) bond motifs is 2. The molecule has 0 aromatic heterocycles. The van der Waals surface area contributed by atoms with E-state index in [9.17, 15) is 9.59 Å². The van der Waals surface area contributed by atoms with Gasteiger partial charge < -0.3 is 18.9 Å². The van der Waals surface area contributed by atoms with Gasteiger partial charge in [-0.3, -0.25) is 4.79 Å². The number of Topliss-reactive ketones (excluding diaryl/α,β-unsaturated/α-hetero) is 1. The van der Waals surface area contributed by atoms with E-state index in [-0.39, 0.29) is 24.1 Å². The third-order valence-corrected chi connectivity index (χ3v) is 5.85. The Morgan fingerprint density at radius 1 is 1.12 bits per heavy atom. The topological polar surface area (TPSA) is 71.1 Å². The quantitative estimate of drug-likeness (QED) is 0.250. The molecule has 0 saturated heterocycles. The first kappa shape index (κ1) is 20.8. The Morgan fingerprint density at radius 3 is 2.81 bits per heavy atom. The molecule has 3 aromatic carbocycles. The number of halogens is 2. The molecule has 0 saturated carbocycles. The van der Waals surface area contributed by atoms with Crippen LogP contribution in [0.25, 0.3) is 6.08 Å². The van der Waals surface area contributed by atoms with Gasteiger partial charge in [-0.25, -0.2) is 4.79 Å². The van der Waals surface area contributed by atoms with E-state index in [1.54, 1.807) is 54.6 Å². The maximum atomic E-state index is 12.8. The molecule has 32 heavy (non-hydrogen) atoms. The largest absolute Gasteiger partial charge is 0.467 e. The van der Waals surface area contributed by atoms with Crippen molar-refractivity contribution >= 4 is 45.4 Å². The predicted molar refractivity (Wildman–Crippen MR) is 120 cm³/mol. The number of hydrogen-bond acceptors (Lipinski definition) is 6. The van der Waals surface area contributed by atoms with Crippen molar-refractivity contribution in [1.82, 2.24) is 0 Å². The SMILES string of the molecule is O=C(Oc1ccc2c(c1)O/C(=C\c1cc(Cl)cc3c1OCOC3)C2=O)c1ccccc1Br. The summed E-state index contributed by atoms with van der Waals surface area (Å²) in [6.07, 6.45) is 1.59. The van der Waals surface area contributed by atoms with Crippen LogP contribution in [0.1, 0.15) is 31.8 Å². The van der Waals surface area contributed by atoms with Crippen LogP contribution >= 0.6 is 27.5 Å². The van der Waals surface area contributed by atoms with Crippen molar-refractivity contribution in [1.29, 1.82) is 0 Å². The van der Waals surface area contributed by atoms with Crippen LogP contribution < -0.4 is 14.2 Å². The minimum Gasteiger partial charge on any atom is -0.467 e. The van der Waals surface area contributed by atoms with Gasteiger partial charge in [0.15, 0.2) is 12.6 Å². The van der Waals surface area contributed by atoms with Crippen molar-refractivity contribution in [2.45, 2.75) is 6.61 Å². The van der Waals surface area contributed by atoms with Crippen molar-refractivity contribution in [2.75, 3.05) is 6.79 Å². The van der Waals surface area contributed by atoms with Crippen LogP contribution in [-0.4, -0.2) is 18.5 Å². The van der Waals surface area contributed by atoms with E-state index in [4.69, 9.17) is 30.5 Å². The smallest absolute Gasteiger partial charge is 0.344 e. The zero-order valence-corrected chi connectivity index (χ0v) is 18.7. The van der Waals surface area contributed by atoms with Crippen LogP contribution in [0.15, 0.2) is 64.8 Å². The average Bonchev–Trinajstić information content (AvgIpc) is 3.08. The van der Waals surface area contributed by atoms with Crippen LogP contribution in [0, 0.1) is 0 Å². The van der Waals surface area contributed by atoms with Crippen LogP contribution in [-0.2, 0) is 11.3 Å². The van der Waals surface area contributed by atoms with Gasteiger partial charge in [0.05, 0.1) is 17.7 Å². The molecule has 0 aliphatic carbocycles. The van der Waals surface area contributed by atoms with Crippen LogP contribution in [0.4, 0.5) is 0 Å². The van der Waals surface area contributed by atoms with E-state index in [0.717, 1.165) is 5.56 Å². The second-order valence-corrected chi connectivity index (χ2v) is 8.35. The second kappa shape index (κ2) is 8.43. The van der Waals surface area contributed by atoms with Crippen molar-refractivity contribution in [3.63, 3.8) is 0 Å². The van der Waals surface area contributed by atoms with E-state index < -0.39 is 5.97 Å². The number of rotatable bonds is 3. The molecule has 2 aliphatic heterocycles. The first-order chi connectivity index (χ1) is 15.5. The Morgan fingerprint density at radius 2 is 1.97 bits per heavy atom. The minimum atomic E-state index is -0.526. The summed E-state index contributed by atoms with van der Waals surface area (Å²) in [6, 6.07) is 15.0. The highest BCUT2D eigenvalue weighted by Crippen LogP contribution is 2.38. The Bertz CT molecular complexity index is 1300. The lowest BCUT2D eigenvalue weighted by atomic mass is 10.1. The molecular formula is C24H14BrClO6. The summed E-state index contributed by atoms with van der Waals surface area (Å²) in [5, 5.41) is 0.494. The van der Waals surface area contributed by atoms with Crippen molar-refractivity contribution < 1.29 is 28.5 Å². The van der Waals surface area contributed by atoms with Gasteiger partial charge in [0.2, 0.25) is 5.78 Å². The van der Waals surface area contributed by atoms with Crippen molar-refractivity contribution in [2.24, 2.45) is 0 Å². The Hall–Kier alpha value is -3.13. The fraction of sp³-hybridized carbons (Fsp3) is 0.0833. The van der Waals surface area contributed by atoms with Gasteiger partial charge in [-0.05, 0) is 58.4 Å². The summed E-state index contributed by atoms with van der Waals surface area (Å²) in [7, 11) is 0. The molecule has 0 atom stereocenters. The molecule has 3 aromatic rings. The third-order valence-electron chi connectivity index (χ3n) is 4.94. The molecule has 8 heteroatoms. The van der Waals surface area contributed by atoms with E-state index in [1.807, 2.05) is 0 Å². The van der Waals surface area contributed by atoms with E-state index >= 15 is 0 Å². The maximum absolute atomic E-state index is 12.8. The molecule has 0 radical (unpaired) electrons. The molecule has 0 N–H and O–H groups in total. The predicted octanol–water partition coefficient (Wildman–Crippen LogP) is 5.80. The molecule has 0 bridgehead atoms. The summed E-state index contributed by atoms with van der Waals surface area (Å²) in [4.78, 5) is 25.3. The number of esters is 1. The molecule has 2 aliphatic rings. The number of allylic oxidation sites excluding steroid dienone is 1. The molecule has 160 valence electrons. The lowest BCUT2D eigenvalue weighted by molar-refractivity contribution is -0.0165. The first-order valence-corrected chi connectivity index (χ1v) is 10.7. The highest BCUT2D eigenvalue weighted by molar-refractivity contribution is 9.10. The molecule has 6 nitrogen and oxygen atoms in total. The van der Waals surface area contributed by atoms with Gasteiger partial charge in [-0.15, -0.1) is 0 Å². The molecule has 0 amide bonds. The second-order valence-electron chi connectivity index (χ2n) is 7.06. The average molecular weight is 514 g/mol. The van der Waals surface area contributed by atoms with Gasteiger partial charge in [-0.2, -0.15) is 0 Å². The van der Waals surface area contributed by atoms with Gasteiger partial charge >= 0.3 is 5.97 Å². The summed E-state index contributed by atoms with van der Waals surface area (Å²) in [6.45, 7) is 0.486. The molecule has 0 spiro atoms. The maximum Gasteiger partial charge on any atom is 0.344 e. The van der Waals surface area contributed by atoms with Crippen LogP contribution in [0.2, 0.25) is 5.02 Å².